The van der Waals surface area contributed by atoms with E-state index in [1.54, 1.807) is 0 Å². The first-order valence-electron chi connectivity index (χ1n) is 2.76. The Hall–Kier alpha value is -1.32. The van der Waals surface area contributed by atoms with Gasteiger partial charge in [0.15, 0.2) is 0 Å². The highest BCUT2D eigenvalue weighted by atomic mass is 16.7. The zero-order valence-corrected chi connectivity index (χ0v) is 5.36. The highest BCUT2D eigenvalue weighted by Crippen LogP contribution is 1.88. The first kappa shape index (κ1) is 6.80. The van der Waals surface area contributed by atoms with Gasteiger partial charge in [0.25, 0.3) is 0 Å². The minimum absolute atomic E-state index is 0.166. The highest BCUT2D eigenvalue weighted by Gasteiger charge is 1.82. The molecule has 10 heavy (non-hydrogen) atoms. The largest absolute Gasteiger partial charge is 0.462 e. The molecular formula is C6H8O4. The summed E-state index contributed by atoms with van der Waals surface area (Å²) < 4.78 is 19.1. The van der Waals surface area contributed by atoms with Crippen LogP contribution in [0, 0.1) is 0 Å². The van der Waals surface area contributed by atoms with Gasteiger partial charge in [-0.15, -0.1) is 0 Å². The van der Waals surface area contributed by atoms with Crippen molar-refractivity contribution in [2.45, 2.75) is 0 Å². The maximum atomic E-state index is 4.78. The van der Waals surface area contributed by atoms with Crippen LogP contribution in [0.15, 0.2) is 25.0 Å². The van der Waals surface area contributed by atoms with Gasteiger partial charge in [-0.2, -0.15) is 0 Å². The lowest BCUT2D eigenvalue weighted by Gasteiger charge is -2.03. The first-order valence-corrected chi connectivity index (χ1v) is 2.76. The third-order valence-corrected chi connectivity index (χ3v) is 0.768. The smallest absolute Gasteiger partial charge is 0.229 e. The molecule has 0 N–H and O–H groups in total. The predicted molar refractivity (Wildman–Crippen MR) is 32.4 cm³/mol. The van der Waals surface area contributed by atoms with Gasteiger partial charge in [-0.05, 0) is 0 Å². The van der Waals surface area contributed by atoms with E-state index in [-0.39, 0.29) is 13.6 Å². The van der Waals surface area contributed by atoms with Gasteiger partial charge in [0.1, 0.15) is 25.0 Å². The van der Waals surface area contributed by atoms with Crippen molar-refractivity contribution in [2.24, 2.45) is 0 Å². The number of hydrogen-bond donors (Lipinski definition) is 0. The summed E-state index contributed by atoms with van der Waals surface area (Å²) in [4.78, 5) is 0. The summed E-state index contributed by atoms with van der Waals surface area (Å²) in [5.74, 6) is 0. The summed E-state index contributed by atoms with van der Waals surface area (Å²) in [5.41, 5.74) is 0. The number of rotatable bonds is 0. The number of hydrogen-bond acceptors (Lipinski definition) is 4. The van der Waals surface area contributed by atoms with Crippen LogP contribution in [0.2, 0.25) is 0 Å². The second-order valence-electron chi connectivity index (χ2n) is 1.45. The normalized spacial score (nSPS) is 24.0. The van der Waals surface area contributed by atoms with Crippen LogP contribution in [0.4, 0.5) is 0 Å². The average molecular weight is 144 g/mol. The first-order chi connectivity index (χ1) is 5.00. The van der Waals surface area contributed by atoms with Crippen LogP contribution >= 0.6 is 0 Å². The van der Waals surface area contributed by atoms with Gasteiger partial charge < -0.3 is 18.9 Å². The Bertz CT molecular complexity index is 102. The molecule has 0 unspecified atom stereocenters. The molecular weight excluding hydrogens is 136 g/mol. The van der Waals surface area contributed by atoms with Crippen LogP contribution in [-0.2, 0) is 18.9 Å². The molecule has 0 aromatic rings. The van der Waals surface area contributed by atoms with Crippen LogP contribution in [0.25, 0.3) is 0 Å². The second-order valence-corrected chi connectivity index (χ2v) is 1.45. The van der Waals surface area contributed by atoms with E-state index in [1.807, 2.05) is 0 Å². The van der Waals surface area contributed by atoms with Gasteiger partial charge in [-0.3, -0.25) is 0 Å². The molecule has 0 fully saturated rings. The third kappa shape index (κ3) is 2.86. The summed E-state index contributed by atoms with van der Waals surface area (Å²) in [5, 5.41) is 0. The van der Waals surface area contributed by atoms with Gasteiger partial charge in [0, 0.05) is 0 Å². The van der Waals surface area contributed by atoms with Crippen molar-refractivity contribution in [3.63, 3.8) is 0 Å². The molecule has 0 aromatic carbocycles. The minimum Gasteiger partial charge on any atom is -0.462 e. The Balaban J connectivity index is 2.22. The van der Waals surface area contributed by atoms with Crippen LogP contribution in [-0.4, -0.2) is 13.6 Å². The Labute approximate surface area is 58.6 Å². The van der Waals surface area contributed by atoms with E-state index in [1.165, 1.54) is 25.0 Å². The van der Waals surface area contributed by atoms with Gasteiger partial charge >= 0.3 is 0 Å². The zero-order valence-electron chi connectivity index (χ0n) is 5.36. The van der Waals surface area contributed by atoms with E-state index >= 15 is 0 Å². The number of ether oxygens (including phenoxy) is 4. The Morgan fingerprint density at radius 1 is 0.600 bits per heavy atom. The summed E-state index contributed by atoms with van der Waals surface area (Å²) in [7, 11) is 0. The molecule has 1 aliphatic heterocycles. The van der Waals surface area contributed by atoms with E-state index in [4.69, 9.17) is 18.9 Å². The summed E-state index contributed by atoms with van der Waals surface area (Å²) in [6.07, 6.45) is 5.57. The highest BCUT2D eigenvalue weighted by molar-refractivity contribution is 4.63. The van der Waals surface area contributed by atoms with E-state index < -0.39 is 0 Å². The fourth-order valence-electron chi connectivity index (χ4n) is 0.393. The van der Waals surface area contributed by atoms with Gasteiger partial charge in [-0.25, -0.2) is 0 Å². The van der Waals surface area contributed by atoms with Crippen molar-refractivity contribution in [3.05, 3.63) is 25.0 Å². The van der Waals surface area contributed by atoms with Crippen LogP contribution in [0.1, 0.15) is 0 Å². The molecule has 0 saturated carbocycles. The topological polar surface area (TPSA) is 36.9 Å². The van der Waals surface area contributed by atoms with E-state index in [9.17, 15) is 0 Å². The molecule has 1 rings (SSSR count). The fourth-order valence-corrected chi connectivity index (χ4v) is 0.393. The van der Waals surface area contributed by atoms with Crippen LogP contribution < -0.4 is 0 Å². The molecule has 4 heteroatoms. The Kier molecular flexibility index (Phi) is 3.09. The maximum Gasteiger partial charge on any atom is 0.229 e. The van der Waals surface area contributed by atoms with Gasteiger partial charge in [0.05, 0.1) is 0 Å². The van der Waals surface area contributed by atoms with E-state index in [2.05, 4.69) is 0 Å². The maximum absolute atomic E-state index is 4.78. The van der Waals surface area contributed by atoms with Crippen molar-refractivity contribution >= 4 is 0 Å². The summed E-state index contributed by atoms with van der Waals surface area (Å²) in [6, 6.07) is 0. The molecule has 0 spiro atoms. The van der Waals surface area contributed by atoms with Crippen LogP contribution in [0.5, 0.6) is 0 Å². The van der Waals surface area contributed by atoms with E-state index in [0.29, 0.717) is 0 Å². The lowest BCUT2D eigenvalue weighted by Crippen LogP contribution is -1.94. The van der Waals surface area contributed by atoms with E-state index in [0.717, 1.165) is 0 Å². The molecule has 0 bridgehead atoms. The molecule has 0 aliphatic carbocycles. The SMILES string of the molecule is C1=C\OCO/C=C\OCO/1. The van der Waals surface area contributed by atoms with Crippen LogP contribution in [0.3, 0.4) is 0 Å². The van der Waals surface area contributed by atoms with Gasteiger partial charge in [0.2, 0.25) is 13.6 Å². The van der Waals surface area contributed by atoms with Crippen molar-refractivity contribution < 1.29 is 18.9 Å². The molecule has 0 amide bonds. The van der Waals surface area contributed by atoms with Crippen molar-refractivity contribution in [3.8, 4) is 0 Å². The Morgan fingerprint density at radius 3 is 1.20 bits per heavy atom. The molecule has 1 aliphatic rings. The van der Waals surface area contributed by atoms with Crippen molar-refractivity contribution in [1.82, 2.24) is 0 Å². The Morgan fingerprint density at radius 2 is 0.900 bits per heavy atom. The molecule has 0 aromatic heterocycles. The molecule has 0 atom stereocenters. The lowest BCUT2D eigenvalue weighted by atomic mass is 11.0. The van der Waals surface area contributed by atoms with Crippen molar-refractivity contribution in [2.75, 3.05) is 13.6 Å². The second kappa shape index (κ2) is 4.55. The molecule has 0 radical (unpaired) electrons. The summed E-state index contributed by atoms with van der Waals surface area (Å²) in [6.45, 7) is 0.333. The van der Waals surface area contributed by atoms with Crippen molar-refractivity contribution in [1.29, 1.82) is 0 Å². The molecule has 56 valence electrons. The average Bonchev–Trinajstić information content (AvgIpc) is 2.01. The molecule has 1 heterocycles. The fraction of sp³-hybridized carbons (Fsp3) is 0.333. The predicted octanol–water partition coefficient (Wildman–Crippen LogP) is 0.924. The monoisotopic (exact) mass is 144 g/mol. The zero-order chi connectivity index (χ0) is 7.07. The van der Waals surface area contributed by atoms with Gasteiger partial charge in [-0.1, -0.05) is 0 Å². The molecule has 0 saturated heterocycles. The third-order valence-electron chi connectivity index (χ3n) is 0.768. The quantitative estimate of drug-likeness (QED) is 0.506. The molecule has 4 nitrogen and oxygen atoms in total. The standard InChI is InChI=1S/C6H8O4/c1-2-8-6-10-4-3-9-5-7-1/h1-4H,5-6H2/b2-1-,4-3-. The summed E-state index contributed by atoms with van der Waals surface area (Å²) >= 11 is 0. The lowest BCUT2D eigenvalue weighted by molar-refractivity contribution is 0.00218. The minimum atomic E-state index is 0.166.